The quantitative estimate of drug-likeness (QED) is 0.714. The molecule has 3 aromatic rings. The third-order valence-corrected chi connectivity index (χ3v) is 7.28. The van der Waals surface area contributed by atoms with Crippen LogP contribution in [0.25, 0.3) is 11.0 Å². The molecule has 4 rings (SSSR count). The molecule has 0 amide bonds. The van der Waals surface area contributed by atoms with E-state index < -0.39 is 10.0 Å². The summed E-state index contributed by atoms with van der Waals surface area (Å²) in [7, 11) is -3.83. The molecule has 2 aromatic carbocycles. The molecule has 0 unspecified atom stereocenters. The number of aromatic nitrogens is 2. The van der Waals surface area contributed by atoms with Gasteiger partial charge >= 0.3 is 0 Å². The fourth-order valence-corrected chi connectivity index (χ4v) is 6.03. The zero-order chi connectivity index (χ0) is 17.6. The number of para-hydroxylation sites is 2. The lowest BCUT2D eigenvalue weighted by molar-refractivity contribution is 0.386. The molecule has 1 atom stereocenters. The first kappa shape index (κ1) is 16.8. The van der Waals surface area contributed by atoms with Crippen molar-refractivity contribution in [3.8, 4) is 0 Å². The van der Waals surface area contributed by atoms with Gasteiger partial charge < -0.3 is 4.98 Å². The molecule has 1 aromatic heterocycles. The van der Waals surface area contributed by atoms with Crippen LogP contribution in [0.15, 0.2) is 47.4 Å². The second-order valence-corrected chi connectivity index (χ2v) is 8.61. The lowest BCUT2D eigenvalue weighted by Gasteiger charge is -2.23. The van der Waals surface area contributed by atoms with Crippen LogP contribution in [0.3, 0.4) is 0 Å². The molecule has 130 valence electrons. The van der Waals surface area contributed by atoms with Crippen LogP contribution in [0.1, 0.15) is 24.7 Å². The Balaban J connectivity index is 1.78. The highest BCUT2D eigenvalue weighted by molar-refractivity contribution is 7.89. The summed E-state index contributed by atoms with van der Waals surface area (Å²) in [6, 6.07) is 12.0. The molecular formula is C17H15Cl2N3O2S. The molecule has 0 radical (unpaired) electrons. The SMILES string of the molecule is O=S(=O)(c1c(Cl)cccc1Cl)N1CCC[C@@H]1c1nc2ccccc2[nH]1. The van der Waals surface area contributed by atoms with Gasteiger partial charge in [-0.15, -0.1) is 0 Å². The number of benzene rings is 2. The maximum atomic E-state index is 13.2. The maximum absolute atomic E-state index is 13.2. The van der Waals surface area contributed by atoms with Crippen LogP contribution in [0, 0.1) is 0 Å². The number of sulfonamides is 1. The van der Waals surface area contributed by atoms with Crippen LogP contribution in [-0.2, 0) is 10.0 Å². The molecule has 1 N–H and O–H groups in total. The van der Waals surface area contributed by atoms with Crippen molar-refractivity contribution >= 4 is 44.3 Å². The normalized spacial score (nSPS) is 18.9. The molecule has 1 saturated heterocycles. The van der Waals surface area contributed by atoms with E-state index in [1.165, 1.54) is 16.4 Å². The van der Waals surface area contributed by atoms with Crippen LogP contribution in [-0.4, -0.2) is 29.2 Å². The van der Waals surface area contributed by atoms with Gasteiger partial charge in [-0.3, -0.25) is 0 Å². The van der Waals surface area contributed by atoms with Gasteiger partial charge in [0, 0.05) is 6.54 Å². The highest BCUT2D eigenvalue weighted by atomic mass is 35.5. The van der Waals surface area contributed by atoms with E-state index in [1.807, 2.05) is 24.3 Å². The van der Waals surface area contributed by atoms with E-state index >= 15 is 0 Å². The van der Waals surface area contributed by atoms with E-state index in [-0.39, 0.29) is 21.0 Å². The summed E-state index contributed by atoms with van der Waals surface area (Å²) in [6.45, 7) is 0.408. The van der Waals surface area contributed by atoms with Gasteiger partial charge in [-0.2, -0.15) is 4.31 Å². The third-order valence-electron chi connectivity index (χ3n) is 4.41. The second kappa shape index (κ2) is 6.29. The molecule has 1 aliphatic rings. The van der Waals surface area contributed by atoms with Crippen LogP contribution >= 0.6 is 23.2 Å². The van der Waals surface area contributed by atoms with Crippen molar-refractivity contribution in [2.75, 3.05) is 6.54 Å². The van der Waals surface area contributed by atoms with Crippen LogP contribution in [0.4, 0.5) is 0 Å². The van der Waals surface area contributed by atoms with Crippen molar-refractivity contribution in [2.45, 2.75) is 23.8 Å². The van der Waals surface area contributed by atoms with Crippen molar-refractivity contribution in [3.63, 3.8) is 0 Å². The zero-order valence-corrected chi connectivity index (χ0v) is 15.4. The molecule has 25 heavy (non-hydrogen) atoms. The Morgan fingerprint density at radius 3 is 2.52 bits per heavy atom. The third kappa shape index (κ3) is 2.83. The summed E-state index contributed by atoms with van der Waals surface area (Å²) in [5.41, 5.74) is 1.70. The molecule has 0 saturated carbocycles. The van der Waals surface area contributed by atoms with E-state index in [4.69, 9.17) is 23.2 Å². The van der Waals surface area contributed by atoms with Gasteiger partial charge in [0.1, 0.15) is 10.7 Å². The van der Waals surface area contributed by atoms with E-state index in [0.29, 0.717) is 18.8 Å². The van der Waals surface area contributed by atoms with Crippen molar-refractivity contribution in [1.29, 1.82) is 0 Å². The molecule has 8 heteroatoms. The summed E-state index contributed by atoms with van der Waals surface area (Å²) >= 11 is 12.3. The first-order valence-electron chi connectivity index (χ1n) is 7.89. The van der Waals surface area contributed by atoms with E-state index in [2.05, 4.69) is 9.97 Å². The lowest BCUT2D eigenvalue weighted by Crippen LogP contribution is -2.31. The van der Waals surface area contributed by atoms with Crippen LogP contribution < -0.4 is 0 Å². The molecule has 0 spiro atoms. The van der Waals surface area contributed by atoms with E-state index in [0.717, 1.165) is 17.5 Å². The monoisotopic (exact) mass is 395 g/mol. The van der Waals surface area contributed by atoms with Gasteiger partial charge in [-0.1, -0.05) is 41.4 Å². The molecule has 5 nitrogen and oxygen atoms in total. The fourth-order valence-electron chi connectivity index (χ4n) is 3.28. The summed E-state index contributed by atoms with van der Waals surface area (Å²) in [6.07, 6.45) is 1.45. The highest BCUT2D eigenvalue weighted by Crippen LogP contribution is 2.39. The van der Waals surface area contributed by atoms with Gasteiger partial charge in [0.2, 0.25) is 10.0 Å². The number of nitrogens with zero attached hydrogens (tertiary/aromatic N) is 2. The number of halogens is 2. The van der Waals surface area contributed by atoms with Gasteiger partial charge in [0.05, 0.1) is 27.1 Å². The number of hydrogen-bond donors (Lipinski definition) is 1. The molecule has 0 aliphatic carbocycles. The van der Waals surface area contributed by atoms with Crippen molar-refractivity contribution in [1.82, 2.24) is 14.3 Å². The topological polar surface area (TPSA) is 66.1 Å². The minimum Gasteiger partial charge on any atom is -0.341 e. The summed E-state index contributed by atoms with van der Waals surface area (Å²) in [5, 5.41) is 0.255. The molecule has 0 bridgehead atoms. The summed E-state index contributed by atoms with van der Waals surface area (Å²) in [5.74, 6) is 0.644. The molecule has 1 fully saturated rings. The molecule has 2 heterocycles. The van der Waals surface area contributed by atoms with Crippen LogP contribution in [0.5, 0.6) is 0 Å². The van der Waals surface area contributed by atoms with Crippen molar-refractivity contribution in [2.24, 2.45) is 0 Å². The number of aromatic amines is 1. The Hall–Kier alpha value is -1.60. The first-order valence-corrected chi connectivity index (χ1v) is 10.1. The number of H-pyrrole nitrogens is 1. The predicted molar refractivity (Wildman–Crippen MR) is 98.4 cm³/mol. The average molecular weight is 396 g/mol. The minimum atomic E-state index is -3.83. The molecule has 1 aliphatic heterocycles. The summed E-state index contributed by atoms with van der Waals surface area (Å²) < 4.78 is 27.8. The smallest absolute Gasteiger partial charge is 0.246 e. The number of fused-ring (bicyclic) bond motifs is 1. The first-order chi connectivity index (χ1) is 12.0. The number of rotatable bonds is 3. The maximum Gasteiger partial charge on any atom is 0.246 e. The van der Waals surface area contributed by atoms with Crippen molar-refractivity contribution < 1.29 is 8.42 Å². The van der Waals surface area contributed by atoms with E-state index in [1.54, 1.807) is 6.07 Å². The Bertz CT molecular complexity index is 996. The van der Waals surface area contributed by atoms with E-state index in [9.17, 15) is 8.42 Å². The summed E-state index contributed by atoms with van der Waals surface area (Å²) in [4.78, 5) is 7.77. The number of hydrogen-bond acceptors (Lipinski definition) is 3. The largest absolute Gasteiger partial charge is 0.341 e. The van der Waals surface area contributed by atoms with Gasteiger partial charge in [-0.05, 0) is 37.1 Å². The Kier molecular flexibility index (Phi) is 4.24. The lowest BCUT2D eigenvalue weighted by atomic mass is 10.2. The average Bonchev–Trinajstić information content (AvgIpc) is 3.21. The van der Waals surface area contributed by atoms with Crippen molar-refractivity contribution in [3.05, 3.63) is 58.3 Å². The number of nitrogens with one attached hydrogen (secondary N) is 1. The highest BCUT2D eigenvalue weighted by Gasteiger charge is 2.39. The Labute approximate surface area is 155 Å². The predicted octanol–water partition coefficient (Wildman–Crippen LogP) is 4.40. The van der Waals surface area contributed by atoms with Gasteiger partial charge in [-0.25, -0.2) is 13.4 Å². The Morgan fingerprint density at radius 2 is 1.80 bits per heavy atom. The Morgan fingerprint density at radius 1 is 1.08 bits per heavy atom. The van der Waals surface area contributed by atoms with Gasteiger partial charge in [0.15, 0.2) is 0 Å². The standard InChI is InChI=1S/C17H15Cl2N3O2S/c18-11-5-3-6-12(19)16(11)25(23,24)22-10-4-9-15(22)17-20-13-7-1-2-8-14(13)21-17/h1-3,5-8,15H,4,9-10H2,(H,20,21)/t15-/m1/s1. The molecular weight excluding hydrogens is 381 g/mol. The fraction of sp³-hybridized carbons (Fsp3) is 0.235. The zero-order valence-electron chi connectivity index (χ0n) is 13.1. The minimum absolute atomic E-state index is 0.0404. The second-order valence-electron chi connectivity index (χ2n) is 5.96. The van der Waals surface area contributed by atoms with Gasteiger partial charge in [0.25, 0.3) is 0 Å². The van der Waals surface area contributed by atoms with Crippen LogP contribution in [0.2, 0.25) is 10.0 Å². The number of imidazole rings is 1.